The van der Waals surface area contributed by atoms with E-state index >= 15 is 0 Å². The standard InChI is InChI=1S/C23H27N3OS/c1-14-22(28-15(2)24-14)23(27)26-13-12-18-17-10-6-7-11-19(17)25-20(18)21(26)16-8-4-3-5-9-16/h6-7,10-11,16,21,25H,3-5,8-9,12-13H2,1-2H3/t21-/m0/s1. The van der Waals surface area contributed by atoms with Gasteiger partial charge in [0.2, 0.25) is 0 Å². The number of carbonyl (C=O) groups is 1. The zero-order valence-corrected chi connectivity index (χ0v) is 17.4. The van der Waals surface area contributed by atoms with Crippen molar-refractivity contribution >= 4 is 28.1 Å². The molecular formula is C23H27N3OS. The van der Waals surface area contributed by atoms with Gasteiger partial charge in [0.05, 0.1) is 16.7 Å². The highest BCUT2D eigenvalue weighted by Gasteiger charge is 2.39. The molecule has 0 radical (unpaired) electrons. The number of aryl methyl sites for hydroxylation is 2. The van der Waals surface area contributed by atoms with Crippen molar-refractivity contribution in [2.75, 3.05) is 6.54 Å². The van der Waals surface area contributed by atoms with Crippen LogP contribution >= 0.6 is 11.3 Å². The highest BCUT2D eigenvalue weighted by Crippen LogP contribution is 2.44. The molecule has 5 heteroatoms. The van der Waals surface area contributed by atoms with Crippen molar-refractivity contribution in [3.8, 4) is 0 Å². The first-order chi connectivity index (χ1) is 13.6. The van der Waals surface area contributed by atoms with Gasteiger partial charge in [-0.25, -0.2) is 4.98 Å². The molecule has 0 unspecified atom stereocenters. The van der Waals surface area contributed by atoms with Crippen molar-refractivity contribution in [3.63, 3.8) is 0 Å². The first-order valence-electron chi connectivity index (χ1n) is 10.5. The minimum absolute atomic E-state index is 0.158. The molecule has 2 aliphatic rings. The predicted molar refractivity (Wildman–Crippen MR) is 114 cm³/mol. The summed E-state index contributed by atoms with van der Waals surface area (Å²) in [4.78, 5) is 24.8. The lowest BCUT2D eigenvalue weighted by Crippen LogP contribution is -2.43. The van der Waals surface area contributed by atoms with Crippen LogP contribution < -0.4 is 0 Å². The van der Waals surface area contributed by atoms with Gasteiger partial charge in [0.1, 0.15) is 4.88 Å². The zero-order valence-electron chi connectivity index (χ0n) is 16.6. The lowest BCUT2D eigenvalue weighted by atomic mass is 9.79. The van der Waals surface area contributed by atoms with Crippen LogP contribution in [0.2, 0.25) is 0 Å². The molecule has 0 saturated heterocycles. The minimum Gasteiger partial charge on any atom is -0.356 e. The van der Waals surface area contributed by atoms with E-state index in [2.05, 4.69) is 39.1 Å². The maximum Gasteiger partial charge on any atom is 0.266 e. The van der Waals surface area contributed by atoms with Crippen LogP contribution in [0.1, 0.15) is 69.8 Å². The molecule has 3 heterocycles. The van der Waals surface area contributed by atoms with Crippen molar-refractivity contribution in [1.82, 2.24) is 14.9 Å². The molecular weight excluding hydrogens is 366 g/mol. The van der Waals surface area contributed by atoms with E-state index in [0.29, 0.717) is 5.92 Å². The van der Waals surface area contributed by atoms with Gasteiger partial charge in [-0.3, -0.25) is 4.79 Å². The van der Waals surface area contributed by atoms with Crippen molar-refractivity contribution in [1.29, 1.82) is 0 Å². The van der Waals surface area contributed by atoms with Crippen LogP contribution in [0.25, 0.3) is 10.9 Å². The van der Waals surface area contributed by atoms with Crippen molar-refractivity contribution in [2.24, 2.45) is 5.92 Å². The van der Waals surface area contributed by atoms with Crippen molar-refractivity contribution < 1.29 is 4.79 Å². The van der Waals surface area contributed by atoms with Gasteiger partial charge in [0, 0.05) is 23.1 Å². The number of amides is 1. The molecule has 4 nitrogen and oxygen atoms in total. The number of aromatic amines is 1. The molecule has 28 heavy (non-hydrogen) atoms. The third-order valence-electron chi connectivity index (χ3n) is 6.54. The monoisotopic (exact) mass is 393 g/mol. The number of benzene rings is 1. The molecule has 5 rings (SSSR count). The van der Waals surface area contributed by atoms with E-state index in [1.165, 1.54) is 65.6 Å². The Morgan fingerprint density at radius 3 is 2.71 bits per heavy atom. The average molecular weight is 394 g/mol. The van der Waals surface area contributed by atoms with Crippen LogP contribution in [0.15, 0.2) is 24.3 Å². The molecule has 146 valence electrons. The minimum atomic E-state index is 0.158. The molecule has 1 atom stereocenters. The van der Waals surface area contributed by atoms with Crippen LogP contribution in [0.5, 0.6) is 0 Å². The van der Waals surface area contributed by atoms with Gasteiger partial charge in [-0.1, -0.05) is 37.5 Å². The molecule has 1 amide bonds. The number of carbonyl (C=O) groups excluding carboxylic acids is 1. The second-order valence-corrected chi connectivity index (χ2v) is 9.50. The van der Waals surface area contributed by atoms with Gasteiger partial charge in [-0.15, -0.1) is 11.3 Å². The van der Waals surface area contributed by atoms with Crippen LogP contribution in [0, 0.1) is 19.8 Å². The van der Waals surface area contributed by atoms with E-state index in [0.717, 1.165) is 28.5 Å². The smallest absolute Gasteiger partial charge is 0.266 e. The summed E-state index contributed by atoms with van der Waals surface area (Å²) in [5.41, 5.74) is 4.78. The van der Waals surface area contributed by atoms with Gasteiger partial charge in [0.25, 0.3) is 5.91 Å². The maximum atomic E-state index is 13.6. The lowest BCUT2D eigenvalue weighted by molar-refractivity contribution is 0.0537. The summed E-state index contributed by atoms with van der Waals surface area (Å²) in [6, 6.07) is 8.75. The molecule has 3 aromatic rings. The van der Waals surface area contributed by atoms with Crippen molar-refractivity contribution in [3.05, 3.63) is 51.1 Å². The van der Waals surface area contributed by atoms with Gasteiger partial charge in [0.15, 0.2) is 0 Å². The molecule has 1 saturated carbocycles. The molecule has 2 aromatic heterocycles. The van der Waals surface area contributed by atoms with Crippen molar-refractivity contribution in [2.45, 2.75) is 58.4 Å². The topological polar surface area (TPSA) is 49.0 Å². The fourth-order valence-corrected chi connectivity index (χ4v) is 6.17. The van der Waals surface area contributed by atoms with E-state index in [4.69, 9.17) is 0 Å². The van der Waals surface area contributed by atoms with Crippen LogP contribution in [-0.2, 0) is 6.42 Å². The second-order valence-electron chi connectivity index (χ2n) is 8.30. The lowest BCUT2D eigenvalue weighted by Gasteiger charge is -2.41. The quantitative estimate of drug-likeness (QED) is 0.619. The first kappa shape index (κ1) is 17.9. The number of aromatic nitrogens is 2. The summed E-state index contributed by atoms with van der Waals surface area (Å²) in [6.45, 7) is 4.75. The third kappa shape index (κ3) is 2.87. The summed E-state index contributed by atoms with van der Waals surface area (Å²) in [6.07, 6.45) is 7.22. The van der Waals surface area contributed by atoms with E-state index in [1.807, 2.05) is 13.8 Å². The Labute approximate surface area is 170 Å². The van der Waals surface area contributed by atoms with Gasteiger partial charge in [-0.2, -0.15) is 0 Å². The van der Waals surface area contributed by atoms with Gasteiger partial charge < -0.3 is 9.88 Å². The van der Waals surface area contributed by atoms with E-state index < -0.39 is 0 Å². The second kappa shape index (κ2) is 7.03. The zero-order chi connectivity index (χ0) is 19.3. The number of nitrogens with zero attached hydrogens (tertiary/aromatic N) is 2. The summed E-state index contributed by atoms with van der Waals surface area (Å²) >= 11 is 1.54. The number of hydrogen-bond donors (Lipinski definition) is 1. The van der Waals surface area contributed by atoms with Gasteiger partial charge >= 0.3 is 0 Å². The first-order valence-corrected chi connectivity index (χ1v) is 11.3. The Hall–Kier alpha value is -2.14. The molecule has 1 aliphatic carbocycles. The normalized spacial score (nSPS) is 20.5. The number of fused-ring (bicyclic) bond motifs is 3. The van der Waals surface area contributed by atoms with E-state index in [9.17, 15) is 4.79 Å². The molecule has 1 aliphatic heterocycles. The maximum absolute atomic E-state index is 13.6. The molecule has 1 fully saturated rings. The fourth-order valence-electron chi connectivity index (χ4n) is 5.30. The number of nitrogens with one attached hydrogen (secondary N) is 1. The molecule has 0 spiro atoms. The fraction of sp³-hybridized carbons (Fsp3) is 0.478. The number of hydrogen-bond acceptors (Lipinski definition) is 3. The highest BCUT2D eigenvalue weighted by atomic mass is 32.1. The Kier molecular flexibility index (Phi) is 4.50. The van der Waals surface area contributed by atoms with Crippen LogP contribution in [-0.4, -0.2) is 27.3 Å². The number of rotatable bonds is 2. The molecule has 1 aromatic carbocycles. The Balaban J connectivity index is 1.60. The summed E-state index contributed by atoms with van der Waals surface area (Å²) in [7, 11) is 0. The predicted octanol–water partition coefficient (Wildman–Crippen LogP) is 5.56. The Morgan fingerprint density at radius 1 is 1.18 bits per heavy atom. The Bertz CT molecular complexity index is 1030. The number of H-pyrrole nitrogens is 1. The molecule has 0 bridgehead atoms. The average Bonchev–Trinajstić information content (AvgIpc) is 3.26. The molecule has 1 N–H and O–H groups in total. The summed E-state index contributed by atoms with van der Waals surface area (Å²) < 4.78 is 0. The SMILES string of the molecule is Cc1nc(C)c(C(=O)N2CCc3c([nH]c4ccccc34)[C@@H]2C2CCCCC2)s1. The number of thiazole rings is 1. The highest BCUT2D eigenvalue weighted by molar-refractivity contribution is 7.13. The van der Waals surface area contributed by atoms with Crippen LogP contribution in [0.3, 0.4) is 0 Å². The largest absolute Gasteiger partial charge is 0.356 e. The summed E-state index contributed by atoms with van der Waals surface area (Å²) in [5.74, 6) is 0.710. The number of para-hydroxylation sites is 1. The van der Waals surface area contributed by atoms with E-state index in [-0.39, 0.29) is 11.9 Å². The summed E-state index contributed by atoms with van der Waals surface area (Å²) in [5, 5.41) is 2.30. The van der Waals surface area contributed by atoms with Crippen LogP contribution in [0.4, 0.5) is 0 Å². The van der Waals surface area contributed by atoms with E-state index in [1.54, 1.807) is 0 Å². The Morgan fingerprint density at radius 2 is 1.96 bits per heavy atom. The third-order valence-corrected chi connectivity index (χ3v) is 7.60. The van der Waals surface area contributed by atoms with Gasteiger partial charge in [-0.05, 0) is 50.7 Å².